The Kier molecular flexibility index (Phi) is 5.00. The van der Waals surface area contributed by atoms with Crippen molar-refractivity contribution in [1.82, 2.24) is 9.97 Å². The van der Waals surface area contributed by atoms with Gasteiger partial charge >= 0.3 is 0 Å². The summed E-state index contributed by atoms with van der Waals surface area (Å²) in [6.45, 7) is 0.554. The van der Waals surface area contributed by atoms with Crippen LogP contribution in [0.2, 0.25) is 0 Å². The van der Waals surface area contributed by atoms with Gasteiger partial charge in [0.05, 0.1) is 24.4 Å². The third kappa shape index (κ3) is 3.51. The molecule has 2 heterocycles. The van der Waals surface area contributed by atoms with Gasteiger partial charge in [-0.1, -0.05) is 0 Å². The normalized spacial score (nSPS) is 12.3. The number of anilines is 1. The zero-order valence-electron chi connectivity index (χ0n) is 13.6. The minimum atomic E-state index is -0.610. The van der Waals surface area contributed by atoms with Gasteiger partial charge in [0, 0.05) is 30.2 Å². The Balaban J connectivity index is 2.01. The summed E-state index contributed by atoms with van der Waals surface area (Å²) in [5.41, 5.74) is 9.36. The highest BCUT2D eigenvalue weighted by molar-refractivity contribution is 5.91. The number of aromatic nitrogens is 2. The number of hydrogen-bond acceptors (Lipinski definition) is 5. The van der Waals surface area contributed by atoms with E-state index >= 15 is 0 Å². The second-order valence-electron chi connectivity index (χ2n) is 5.61. The molecule has 6 nitrogen and oxygen atoms in total. The zero-order chi connectivity index (χ0) is 16.9. The van der Waals surface area contributed by atoms with E-state index in [4.69, 9.17) is 10.7 Å². The molecule has 6 heteroatoms. The van der Waals surface area contributed by atoms with Gasteiger partial charge in [-0.05, 0) is 42.5 Å². The Hall–Kier alpha value is -2.54. The summed E-state index contributed by atoms with van der Waals surface area (Å²) >= 11 is 0. The van der Waals surface area contributed by atoms with E-state index in [1.807, 2.05) is 37.4 Å². The Morgan fingerprint density at radius 2 is 2.04 bits per heavy atom. The fourth-order valence-corrected chi connectivity index (χ4v) is 2.50. The smallest absolute Gasteiger partial charge is 0.136 e. The first-order chi connectivity index (χ1) is 11.7. The number of nitrogens with one attached hydrogen (secondary N) is 1. The second-order valence-corrected chi connectivity index (χ2v) is 5.61. The number of hydrogen-bond donors (Lipinski definition) is 4. The molecule has 1 atom stereocenters. The van der Waals surface area contributed by atoms with E-state index in [1.54, 1.807) is 6.20 Å². The molecule has 2 aromatic heterocycles. The van der Waals surface area contributed by atoms with Gasteiger partial charge in [0.15, 0.2) is 0 Å². The summed E-state index contributed by atoms with van der Waals surface area (Å²) in [4.78, 5) is 9.16. The van der Waals surface area contributed by atoms with Gasteiger partial charge < -0.3 is 21.5 Å². The molecule has 0 amide bonds. The van der Waals surface area contributed by atoms with Crippen molar-refractivity contribution in [2.24, 2.45) is 5.73 Å². The van der Waals surface area contributed by atoms with Crippen LogP contribution in [0.15, 0.2) is 48.7 Å². The van der Waals surface area contributed by atoms with Crippen LogP contribution in [0.4, 0.5) is 11.5 Å². The lowest BCUT2D eigenvalue weighted by atomic mass is 10.1. The van der Waals surface area contributed by atoms with Crippen LogP contribution < -0.4 is 16.4 Å². The largest absolute Gasteiger partial charge is 0.390 e. The summed E-state index contributed by atoms with van der Waals surface area (Å²) in [7, 11) is 2.01. The van der Waals surface area contributed by atoms with Crippen LogP contribution in [-0.2, 0) is 0 Å². The predicted molar refractivity (Wildman–Crippen MR) is 96.0 cm³/mol. The molecule has 0 aliphatic rings. The van der Waals surface area contributed by atoms with Crippen molar-refractivity contribution in [3.63, 3.8) is 0 Å². The summed E-state index contributed by atoms with van der Waals surface area (Å²) in [6, 6.07) is 14.0. The number of pyridine rings is 2. The standard InChI is InChI=1S/C18H21N5O/c1-20-13-6-4-12(5-7-13)16-9-17-15(3-2-8-21-17)18(23-16)22-11-14(24)10-19/h2-9,14,20,24H,10-11,19H2,1H3,(H,22,23)/p+1. The van der Waals surface area contributed by atoms with Gasteiger partial charge in [-0.2, -0.15) is 0 Å². The van der Waals surface area contributed by atoms with E-state index in [0.717, 1.165) is 22.2 Å². The Morgan fingerprint density at radius 1 is 1.25 bits per heavy atom. The Labute approximate surface area is 140 Å². The monoisotopic (exact) mass is 324 g/mol. The van der Waals surface area contributed by atoms with E-state index in [-0.39, 0.29) is 6.54 Å². The van der Waals surface area contributed by atoms with E-state index in [1.165, 1.54) is 5.69 Å². The molecule has 3 aromatic rings. The van der Waals surface area contributed by atoms with Crippen LogP contribution in [0, 0.1) is 0 Å². The number of quaternary nitrogens is 1. The summed E-state index contributed by atoms with van der Waals surface area (Å²) in [5.74, 6) is 0.703. The molecule has 0 aliphatic carbocycles. The number of fused-ring (bicyclic) bond motifs is 1. The molecule has 24 heavy (non-hydrogen) atoms. The summed E-state index contributed by atoms with van der Waals surface area (Å²) in [5, 5.41) is 15.9. The summed E-state index contributed by atoms with van der Waals surface area (Å²) < 4.78 is 0. The SMILES string of the molecule is C[NH2+]c1ccc(-c2cc3ncccc3c(NCC(O)CN)n2)cc1. The van der Waals surface area contributed by atoms with Crippen molar-refractivity contribution in [1.29, 1.82) is 0 Å². The fourth-order valence-electron chi connectivity index (χ4n) is 2.50. The molecule has 1 aromatic carbocycles. The van der Waals surface area contributed by atoms with E-state index in [2.05, 4.69) is 27.8 Å². The van der Waals surface area contributed by atoms with Gasteiger partial charge in [-0.15, -0.1) is 0 Å². The number of nitrogens with two attached hydrogens (primary N) is 2. The van der Waals surface area contributed by atoms with Crippen molar-refractivity contribution >= 4 is 22.4 Å². The van der Waals surface area contributed by atoms with Gasteiger partial charge in [0.25, 0.3) is 0 Å². The molecule has 0 spiro atoms. The number of aliphatic hydroxyl groups excluding tert-OH is 1. The molecule has 0 saturated carbocycles. The molecule has 3 rings (SSSR count). The maximum Gasteiger partial charge on any atom is 0.136 e. The van der Waals surface area contributed by atoms with E-state index in [9.17, 15) is 5.11 Å². The number of benzene rings is 1. The summed E-state index contributed by atoms with van der Waals surface area (Å²) in [6.07, 6.45) is 1.15. The van der Waals surface area contributed by atoms with Crippen molar-refractivity contribution in [2.45, 2.75) is 6.10 Å². The molecule has 0 radical (unpaired) electrons. The molecule has 124 valence electrons. The van der Waals surface area contributed by atoms with Crippen LogP contribution in [0.1, 0.15) is 0 Å². The van der Waals surface area contributed by atoms with Gasteiger partial charge in [-0.25, -0.2) is 4.98 Å². The first kappa shape index (κ1) is 16.3. The Bertz CT molecular complexity index is 819. The molecule has 0 saturated heterocycles. The topological polar surface area (TPSA) is 101 Å². The third-order valence-corrected chi connectivity index (χ3v) is 3.92. The fraction of sp³-hybridized carbons (Fsp3) is 0.222. The van der Waals surface area contributed by atoms with E-state index < -0.39 is 6.10 Å². The average molecular weight is 324 g/mol. The van der Waals surface area contributed by atoms with Crippen molar-refractivity contribution in [3.8, 4) is 11.3 Å². The lowest BCUT2D eigenvalue weighted by molar-refractivity contribution is -0.539. The van der Waals surface area contributed by atoms with Gasteiger partial charge in [-0.3, -0.25) is 4.98 Å². The average Bonchev–Trinajstić information content (AvgIpc) is 2.65. The number of rotatable bonds is 6. The molecular formula is C18H22N5O+. The van der Waals surface area contributed by atoms with Crippen molar-refractivity contribution in [2.75, 3.05) is 25.5 Å². The molecular weight excluding hydrogens is 302 g/mol. The highest BCUT2D eigenvalue weighted by Crippen LogP contribution is 2.27. The Morgan fingerprint density at radius 3 is 2.75 bits per heavy atom. The highest BCUT2D eigenvalue weighted by atomic mass is 16.3. The molecule has 0 aliphatic heterocycles. The van der Waals surface area contributed by atoms with Crippen molar-refractivity contribution in [3.05, 3.63) is 48.7 Å². The molecule has 6 N–H and O–H groups in total. The number of aliphatic hydroxyl groups is 1. The van der Waals surface area contributed by atoms with Crippen LogP contribution in [0.5, 0.6) is 0 Å². The first-order valence-electron chi connectivity index (χ1n) is 7.99. The predicted octanol–water partition coefficient (Wildman–Crippen LogP) is 0.853. The zero-order valence-corrected chi connectivity index (χ0v) is 13.6. The van der Waals surface area contributed by atoms with Crippen LogP contribution in [-0.4, -0.2) is 41.3 Å². The highest BCUT2D eigenvalue weighted by Gasteiger charge is 2.10. The van der Waals surface area contributed by atoms with Gasteiger partial charge in [0.1, 0.15) is 11.5 Å². The maximum absolute atomic E-state index is 9.70. The van der Waals surface area contributed by atoms with Crippen LogP contribution in [0.3, 0.4) is 0 Å². The minimum Gasteiger partial charge on any atom is -0.390 e. The van der Waals surface area contributed by atoms with E-state index in [0.29, 0.717) is 12.4 Å². The first-order valence-corrected chi connectivity index (χ1v) is 7.99. The lowest BCUT2D eigenvalue weighted by Crippen LogP contribution is -2.72. The molecule has 0 bridgehead atoms. The third-order valence-electron chi connectivity index (χ3n) is 3.92. The van der Waals surface area contributed by atoms with Crippen molar-refractivity contribution < 1.29 is 10.4 Å². The second kappa shape index (κ2) is 7.35. The quantitative estimate of drug-likeness (QED) is 0.504. The van der Waals surface area contributed by atoms with Crippen LogP contribution >= 0.6 is 0 Å². The minimum absolute atomic E-state index is 0.206. The van der Waals surface area contributed by atoms with Gasteiger partial charge in [0.2, 0.25) is 0 Å². The number of nitrogens with zero attached hydrogens (tertiary/aromatic N) is 2. The van der Waals surface area contributed by atoms with Crippen LogP contribution in [0.25, 0.3) is 22.2 Å². The maximum atomic E-state index is 9.70. The lowest BCUT2D eigenvalue weighted by Gasteiger charge is -2.13. The molecule has 0 fully saturated rings. The molecule has 1 unspecified atom stereocenters.